The van der Waals surface area contributed by atoms with Crippen LogP contribution in [-0.2, 0) is 0 Å². The van der Waals surface area contributed by atoms with Crippen LogP contribution in [0, 0.1) is 5.92 Å². The van der Waals surface area contributed by atoms with Crippen LogP contribution in [0.4, 0.5) is 0 Å². The van der Waals surface area contributed by atoms with E-state index in [1.165, 1.54) is 37.9 Å². The van der Waals surface area contributed by atoms with Crippen molar-refractivity contribution in [3.05, 3.63) is 32.7 Å². The van der Waals surface area contributed by atoms with Crippen molar-refractivity contribution in [1.82, 2.24) is 4.90 Å². The van der Waals surface area contributed by atoms with Crippen LogP contribution in [0.1, 0.15) is 37.8 Å². The molecule has 1 aromatic rings. The Morgan fingerprint density at radius 2 is 2.16 bits per heavy atom. The molecular weight excluding hydrogens is 368 g/mol. The van der Waals surface area contributed by atoms with E-state index in [-0.39, 0.29) is 0 Å². The van der Waals surface area contributed by atoms with E-state index >= 15 is 0 Å². The molecule has 0 aromatic heterocycles. The lowest BCUT2D eigenvalue weighted by atomic mass is 9.93. The Balaban J connectivity index is 2.16. The number of nitrogens with zero attached hydrogens (tertiary/aromatic N) is 1. The van der Waals surface area contributed by atoms with Gasteiger partial charge in [0.25, 0.3) is 0 Å². The summed E-state index contributed by atoms with van der Waals surface area (Å²) in [7, 11) is 0. The third kappa shape index (κ3) is 3.81. The lowest BCUT2D eigenvalue weighted by Gasteiger charge is -2.38. The van der Waals surface area contributed by atoms with Crippen LogP contribution in [0.2, 0.25) is 0 Å². The van der Waals surface area contributed by atoms with Crippen LogP contribution >= 0.6 is 31.9 Å². The van der Waals surface area contributed by atoms with E-state index in [2.05, 4.69) is 61.9 Å². The van der Waals surface area contributed by atoms with Gasteiger partial charge in [-0.15, -0.1) is 0 Å². The van der Waals surface area contributed by atoms with Crippen LogP contribution in [0.25, 0.3) is 0 Å². The molecule has 0 aliphatic carbocycles. The van der Waals surface area contributed by atoms with Gasteiger partial charge in [0.05, 0.1) is 0 Å². The van der Waals surface area contributed by atoms with Gasteiger partial charge < -0.3 is 5.73 Å². The van der Waals surface area contributed by atoms with Crippen molar-refractivity contribution in [1.29, 1.82) is 0 Å². The quantitative estimate of drug-likeness (QED) is 0.829. The maximum atomic E-state index is 6.04. The molecule has 2 unspecified atom stereocenters. The highest BCUT2D eigenvalue weighted by Crippen LogP contribution is 2.31. The highest BCUT2D eigenvalue weighted by Gasteiger charge is 2.25. The molecular formula is C15H22Br2N2. The van der Waals surface area contributed by atoms with Crippen LogP contribution in [0.5, 0.6) is 0 Å². The predicted molar refractivity (Wildman–Crippen MR) is 88.2 cm³/mol. The Morgan fingerprint density at radius 1 is 1.37 bits per heavy atom. The van der Waals surface area contributed by atoms with Crippen LogP contribution in [-0.4, -0.2) is 24.5 Å². The topological polar surface area (TPSA) is 29.3 Å². The number of hydrogen-bond acceptors (Lipinski definition) is 2. The molecule has 1 aliphatic heterocycles. The molecule has 106 valence electrons. The Labute approximate surface area is 133 Å². The third-order valence-corrected chi connectivity index (χ3v) is 6.00. The van der Waals surface area contributed by atoms with Gasteiger partial charge in [0.1, 0.15) is 0 Å². The zero-order chi connectivity index (χ0) is 13.8. The van der Waals surface area contributed by atoms with Gasteiger partial charge in [-0.2, -0.15) is 0 Å². The maximum Gasteiger partial charge on any atom is 0.0470 e. The second kappa shape index (κ2) is 7.21. The minimum atomic E-state index is 0.346. The summed E-state index contributed by atoms with van der Waals surface area (Å²) in [6, 6.07) is 6.82. The molecule has 0 amide bonds. The third-order valence-electron chi connectivity index (χ3n) is 4.12. The number of hydrogen-bond donors (Lipinski definition) is 1. The molecule has 0 spiro atoms. The standard InChI is InChI=1S/C15H22Br2N2/c1-2-11-4-3-7-19(10-11)15(9-18)12-5-6-13(16)14(17)8-12/h5-6,8,11,15H,2-4,7,9-10,18H2,1H3. The van der Waals surface area contributed by atoms with Gasteiger partial charge in [-0.3, -0.25) is 4.90 Å². The van der Waals surface area contributed by atoms with Crippen molar-refractivity contribution >= 4 is 31.9 Å². The molecule has 0 bridgehead atoms. The molecule has 2 nitrogen and oxygen atoms in total. The SMILES string of the molecule is CCC1CCCN(C(CN)c2ccc(Br)c(Br)c2)C1. The second-order valence-corrected chi connectivity index (χ2v) is 7.05. The summed E-state index contributed by atoms with van der Waals surface area (Å²) < 4.78 is 2.20. The van der Waals surface area contributed by atoms with Gasteiger partial charge in [0.15, 0.2) is 0 Å². The number of piperidine rings is 1. The molecule has 1 aliphatic rings. The zero-order valence-electron chi connectivity index (χ0n) is 11.4. The van der Waals surface area contributed by atoms with Crippen LogP contribution < -0.4 is 5.73 Å². The van der Waals surface area contributed by atoms with Crippen molar-refractivity contribution in [3.8, 4) is 0 Å². The minimum absolute atomic E-state index is 0.346. The number of likely N-dealkylation sites (tertiary alicyclic amines) is 1. The first-order chi connectivity index (χ1) is 9.15. The molecule has 2 rings (SSSR count). The number of rotatable bonds is 4. The first-order valence-electron chi connectivity index (χ1n) is 7.04. The van der Waals surface area contributed by atoms with Crippen molar-refractivity contribution < 1.29 is 0 Å². The van der Waals surface area contributed by atoms with Crippen molar-refractivity contribution in [3.63, 3.8) is 0 Å². The molecule has 0 radical (unpaired) electrons. The molecule has 1 aromatic carbocycles. The molecule has 2 N–H and O–H groups in total. The van der Waals surface area contributed by atoms with Gasteiger partial charge in [-0.05, 0) is 74.9 Å². The van der Waals surface area contributed by atoms with Crippen molar-refractivity contribution in [2.75, 3.05) is 19.6 Å². The molecule has 1 saturated heterocycles. The number of halogens is 2. The molecule has 4 heteroatoms. The normalized spacial score (nSPS) is 22.4. The minimum Gasteiger partial charge on any atom is -0.329 e. The summed E-state index contributed by atoms with van der Waals surface area (Å²) in [6.07, 6.45) is 3.94. The summed E-state index contributed by atoms with van der Waals surface area (Å²) in [4.78, 5) is 2.56. The fourth-order valence-corrected chi connectivity index (χ4v) is 3.57. The summed E-state index contributed by atoms with van der Waals surface area (Å²) >= 11 is 7.11. The largest absolute Gasteiger partial charge is 0.329 e. The van der Waals surface area contributed by atoms with E-state index in [0.717, 1.165) is 14.9 Å². The first kappa shape index (κ1) is 15.5. The van der Waals surface area contributed by atoms with E-state index in [1.54, 1.807) is 0 Å². The highest BCUT2D eigenvalue weighted by atomic mass is 79.9. The molecule has 1 fully saturated rings. The summed E-state index contributed by atoms with van der Waals surface area (Å²) in [5.74, 6) is 0.835. The Bertz CT molecular complexity index is 423. The molecule has 1 heterocycles. The number of benzene rings is 1. The molecule has 2 atom stereocenters. The number of nitrogens with two attached hydrogens (primary N) is 1. The lowest BCUT2D eigenvalue weighted by Crippen LogP contribution is -2.41. The fourth-order valence-electron chi connectivity index (χ4n) is 2.93. The first-order valence-corrected chi connectivity index (χ1v) is 8.63. The Morgan fingerprint density at radius 3 is 2.79 bits per heavy atom. The van der Waals surface area contributed by atoms with Gasteiger partial charge in [0.2, 0.25) is 0 Å². The van der Waals surface area contributed by atoms with E-state index in [0.29, 0.717) is 12.6 Å². The van der Waals surface area contributed by atoms with E-state index in [4.69, 9.17) is 5.73 Å². The van der Waals surface area contributed by atoms with Gasteiger partial charge in [-0.1, -0.05) is 19.4 Å². The lowest BCUT2D eigenvalue weighted by molar-refractivity contribution is 0.124. The smallest absolute Gasteiger partial charge is 0.0470 e. The Hall–Kier alpha value is 0.1000. The summed E-state index contributed by atoms with van der Waals surface area (Å²) in [5, 5.41) is 0. The van der Waals surface area contributed by atoms with E-state index in [9.17, 15) is 0 Å². The Kier molecular flexibility index (Phi) is 5.87. The molecule has 0 saturated carbocycles. The molecule has 19 heavy (non-hydrogen) atoms. The highest BCUT2D eigenvalue weighted by molar-refractivity contribution is 9.13. The van der Waals surface area contributed by atoms with Crippen LogP contribution in [0.3, 0.4) is 0 Å². The van der Waals surface area contributed by atoms with Crippen molar-refractivity contribution in [2.24, 2.45) is 11.7 Å². The van der Waals surface area contributed by atoms with Gasteiger partial charge in [0, 0.05) is 28.1 Å². The van der Waals surface area contributed by atoms with E-state index in [1.807, 2.05) is 0 Å². The summed E-state index contributed by atoms with van der Waals surface area (Å²) in [6.45, 7) is 5.34. The average Bonchev–Trinajstić information content (AvgIpc) is 2.44. The zero-order valence-corrected chi connectivity index (χ0v) is 14.6. The maximum absolute atomic E-state index is 6.04. The summed E-state index contributed by atoms with van der Waals surface area (Å²) in [5.41, 5.74) is 7.36. The monoisotopic (exact) mass is 388 g/mol. The average molecular weight is 390 g/mol. The van der Waals surface area contributed by atoms with Gasteiger partial charge in [-0.25, -0.2) is 0 Å². The van der Waals surface area contributed by atoms with Crippen molar-refractivity contribution in [2.45, 2.75) is 32.2 Å². The predicted octanol–water partition coefficient (Wildman–Crippen LogP) is 4.33. The second-order valence-electron chi connectivity index (χ2n) is 5.34. The van der Waals surface area contributed by atoms with Gasteiger partial charge >= 0.3 is 0 Å². The fraction of sp³-hybridized carbons (Fsp3) is 0.600. The van der Waals surface area contributed by atoms with Crippen LogP contribution in [0.15, 0.2) is 27.1 Å². The van der Waals surface area contributed by atoms with E-state index < -0.39 is 0 Å².